The van der Waals surface area contributed by atoms with Gasteiger partial charge < -0.3 is 31.0 Å². The summed E-state index contributed by atoms with van der Waals surface area (Å²) in [6.45, 7) is -2.54. The number of carbonyl (C=O) groups excluding carboxylic acids is 2. The molecule has 0 spiro atoms. The molecule has 2 aliphatic heterocycles. The molecule has 3 atom stereocenters. The molecule has 21 heteroatoms. The summed E-state index contributed by atoms with van der Waals surface area (Å²) in [6.07, 6.45) is -4.73. The number of thioether (sulfide) groups is 2. The highest BCUT2D eigenvalue weighted by molar-refractivity contribution is 8.00. The van der Waals surface area contributed by atoms with E-state index in [9.17, 15) is 37.5 Å². The van der Waals surface area contributed by atoms with Gasteiger partial charge in [0.05, 0.1) is 0 Å². The van der Waals surface area contributed by atoms with Crippen LogP contribution in [0.15, 0.2) is 28.5 Å². The number of carboxylic acids is 2. The number of nitrogens with one attached hydrogen (secondary N) is 1. The van der Waals surface area contributed by atoms with Crippen molar-refractivity contribution >= 4 is 58.8 Å². The number of β-lactam (4-membered cyclic amide) rings is 1. The van der Waals surface area contributed by atoms with Crippen molar-refractivity contribution in [3.05, 3.63) is 23.9 Å². The molecular formula is C20H20F3N9O7S2. The number of carboxylic acid groups (broad SMARTS) is 2. The molecule has 0 bridgehead atoms. The predicted octanol–water partition coefficient (Wildman–Crippen LogP) is -0.719. The summed E-state index contributed by atoms with van der Waals surface area (Å²) in [5.74, 6) is -4.24. The van der Waals surface area contributed by atoms with E-state index in [4.69, 9.17) is 10.8 Å². The Bertz CT molecular complexity index is 1390. The average Bonchev–Trinajstić information content (AvgIpc) is 3.33. The van der Waals surface area contributed by atoms with Crippen molar-refractivity contribution in [3.8, 4) is 0 Å². The number of halogens is 3. The van der Waals surface area contributed by atoms with Crippen LogP contribution in [0.4, 0.5) is 19.0 Å². The molecule has 4 heterocycles. The monoisotopic (exact) mass is 619 g/mol. The van der Waals surface area contributed by atoms with E-state index in [0.29, 0.717) is 0 Å². The molecule has 2 amide bonds. The molecule has 4 rings (SSSR count). The zero-order chi connectivity index (χ0) is 29.9. The van der Waals surface area contributed by atoms with Crippen molar-refractivity contribution in [1.29, 1.82) is 0 Å². The lowest BCUT2D eigenvalue weighted by atomic mass is 9.89. The minimum atomic E-state index is -4.73. The van der Waals surface area contributed by atoms with Gasteiger partial charge in [-0.1, -0.05) is 23.0 Å². The fourth-order valence-corrected chi connectivity index (χ4v) is 6.54. The second-order valence-corrected chi connectivity index (χ2v) is 10.8. The van der Waals surface area contributed by atoms with Crippen LogP contribution >= 0.6 is 23.5 Å². The van der Waals surface area contributed by atoms with Gasteiger partial charge in [-0.05, 0) is 22.6 Å². The average molecular weight is 620 g/mol. The van der Waals surface area contributed by atoms with Gasteiger partial charge in [-0.15, -0.1) is 16.9 Å². The minimum Gasteiger partial charge on any atom is -0.481 e. The Morgan fingerprint density at radius 1 is 1.32 bits per heavy atom. The molecule has 2 saturated heterocycles. The number of hydrogen-bond donors (Lipinski definition) is 4. The predicted molar refractivity (Wildman–Crippen MR) is 133 cm³/mol. The maximum Gasteiger partial charge on any atom is 0.425 e. The molecule has 0 aromatic carbocycles. The van der Waals surface area contributed by atoms with Crippen LogP contribution in [0.5, 0.6) is 0 Å². The van der Waals surface area contributed by atoms with Crippen molar-refractivity contribution in [2.45, 2.75) is 29.3 Å². The SMILES string of the molecule is Nc1cccc(C(=NOCC(F)(F)F)C(=O)NC2C(=O)N3CC(CSc4nnnn4CC(=O)O)(C(=O)O)CS[C@H]23)n1. The quantitative estimate of drug-likeness (QED) is 0.105. The summed E-state index contributed by atoms with van der Waals surface area (Å²) < 4.78 is 38.6. The van der Waals surface area contributed by atoms with E-state index in [-0.39, 0.29) is 34.7 Å². The van der Waals surface area contributed by atoms with E-state index in [1.54, 1.807) is 0 Å². The number of carbonyl (C=O) groups is 4. The van der Waals surface area contributed by atoms with Crippen molar-refractivity contribution in [3.63, 3.8) is 0 Å². The molecule has 2 aromatic rings. The molecule has 41 heavy (non-hydrogen) atoms. The van der Waals surface area contributed by atoms with Gasteiger partial charge in [-0.2, -0.15) is 13.2 Å². The molecule has 220 valence electrons. The number of aliphatic carboxylic acids is 2. The van der Waals surface area contributed by atoms with E-state index in [1.165, 1.54) is 23.1 Å². The summed E-state index contributed by atoms with van der Waals surface area (Å²) >= 11 is 1.99. The molecule has 2 fully saturated rings. The van der Waals surface area contributed by atoms with Crippen LogP contribution < -0.4 is 11.1 Å². The van der Waals surface area contributed by atoms with Gasteiger partial charge >= 0.3 is 18.1 Å². The topological polar surface area (TPSA) is 228 Å². The Balaban J connectivity index is 1.44. The number of nitrogen functional groups attached to an aromatic ring is 1. The van der Waals surface area contributed by atoms with Gasteiger partial charge in [0, 0.05) is 18.1 Å². The van der Waals surface area contributed by atoms with E-state index in [1.807, 2.05) is 0 Å². The van der Waals surface area contributed by atoms with Gasteiger partial charge in [-0.3, -0.25) is 19.2 Å². The molecular weight excluding hydrogens is 599 g/mol. The van der Waals surface area contributed by atoms with Crippen molar-refractivity contribution in [2.24, 2.45) is 10.6 Å². The third-order valence-electron chi connectivity index (χ3n) is 5.76. The van der Waals surface area contributed by atoms with Crippen molar-refractivity contribution < 1.29 is 47.4 Å². The molecule has 0 radical (unpaired) electrons. The minimum absolute atomic E-state index is 0.00304. The van der Waals surface area contributed by atoms with Crippen LogP contribution in [0.1, 0.15) is 5.69 Å². The number of oxime groups is 1. The Morgan fingerprint density at radius 3 is 2.73 bits per heavy atom. The second-order valence-electron chi connectivity index (χ2n) is 8.78. The summed E-state index contributed by atoms with van der Waals surface area (Å²) in [5.41, 5.74) is 3.30. The van der Waals surface area contributed by atoms with E-state index in [0.717, 1.165) is 28.2 Å². The number of amides is 2. The first-order valence-corrected chi connectivity index (χ1v) is 13.4. The lowest BCUT2D eigenvalue weighted by Gasteiger charge is -2.53. The highest BCUT2D eigenvalue weighted by Gasteiger charge is 2.57. The highest BCUT2D eigenvalue weighted by Crippen LogP contribution is 2.44. The number of alkyl halides is 3. The maximum absolute atomic E-state index is 13.0. The zero-order valence-electron chi connectivity index (χ0n) is 20.5. The molecule has 2 aliphatic rings. The molecule has 0 saturated carbocycles. The smallest absolute Gasteiger partial charge is 0.425 e. The summed E-state index contributed by atoms with van der Waals surface area (Å²) in [5, 5.41) is 34.7. The largest absolute Gasteiger partial charge is 0.481 e. The number of rotatable bonds is 11. The van der Waals surface area contributed by atoms with Crippen molar-refractivity contribution in [2.75, 3.05) is 30.4 Å². The summed E-state index contributed by atoms with van der Waals surface area (Å²) in [4.78, 5) is 58.6. The maximum atomic E-state index is 13.0. The molecule has 2 unspecified atom stereocenters. The van der Waals surface area contributed by atoms with Gasteiger partial charge in [0.15, 0.2) is 5.71 Å². The van der Waals surface area contributed by atoms with Crippen LogP contribution in [0.3, 0.4) is 0 Å². The van der Waals surface area contributed by atoms with Crippen molar-refractivity contribution in [1.82, 2.24) is 35.4 Å². The standard InChI is InChI=1S/C20H20F3N9O7S2/c21-20(22,23)6-39-28-12(9-2-1-3-10(24)25-9)14(35)26-13-15(36)31-5-19(17(37)38,7-40-16(13)31)8-41-18-27-29-30-32(18)4-11(33)34/h1-3,13,16H,4-8H2,(H2,24,25)(H,26,35)(H,33,34)(H,37,38)/t13?,16-,19?/m1/s1. The number of fused-ring (bicyclic) bond motifs is 1. The first kappa shape index (κ1) is 29.8. The third kappa shape index (κ3) is 6.78. The normalized spacial score (nSPS) is 22.5. The lowest BCUT2D eigenvalue weighted by Crippen LogP contribution is -2.74. The fourth-order valence-electron chi connectivity index (χ4n) is 3.80. The van der Waals surface area contributed by atoms with Crippen LogP contribution in [-0.4, -0.2) is 112 Å². The van der Waals surface area contributed by atoms with Crippen LogP contribution in [0, 0.1) is 5.41 Å². The van der Waals surface area contributed by atoms with Crippen LogP contribution in [0.2, 0.25) is 0 Å². The van der Waals surface area contributed by atoms with E-state index < -0.39 is 65.6 Å². The second kappa shape index (κ2) is 11.8. The Labute approximate surface area is 235 Å². The molecule has 5 N–H and O–H groups in total. The van der Waals surface area contributed by atoms with E-state index in [2.05, 4.69) is 35.8 Å². The van der Waals surface area contributed by atoms with Crippen LogP contribution in [0.25, 0.3) is 0 Å². The Morgan fingerprint density at radius 2 is 2.07 bits per heavy atom. The van der Waals surface area contributed by atoms with E-state index >= 15 is 0 Å². The van der Waals surface area contributed by atoms with Crippen LogP contribution in [-0.2, 0) is 30.6 Å². The lowest BCUT2D eigenvalue weighted by molar-refractivity contribution is -0.174. The number of aromatic nitrogens is 5. The highest BCUT2D eigenvalue weighted by atomic mass is 32.2. The summed E-state index contributed by atoms with van der Waals surface area (Å²) in [6, 6.07) is 2.90. The number of hydrogen-bond acceptors (Lipinski definition) is 13. The number of tetrazole rings is 1. The third-order valence-corrected chi connectivity index (χ3v) is 8.59. The van der Waals surface area contributed by atoms with Gasteiger partial charge in [0.1, 0.15) is 34.9 Å². The number of nitrogens with two attached hydrogens (primary N) is 1. The first-order chi connectivity index (χ1) is 19.3. The molecule has 16 nitrogen and oxygen atoms in total. The number of nitrogens with zero attached hydrogens (tertiary/aromatic N) is 7. The van der Waals surface area contributed by atoms with Gasteiger partial charge in [-0.25, -0.2) is 9.67 Å². The van der Waals surface area contributed by atoms with Gasteiger partial charge in [0.25, 0.3) is 5.91 Å². The fraction of sp³-hybridized carbons (Fsp3) is 0.450. The zero-order valence-corrected chi connectivity index (χ0v) is 22.1. The number of pyridine rings is 1. The first-order valence-electron chi connectivity index (χ1n) is 11.4. The molecule has 0 aliphatic carbocycles. The molecule has 2 aromatic heterocycles. The Kier molecular flexibility index (Phi) is 8.56. The number of anilines is 1. The summed E-state index contributed by atoms with van der Waals surface area (Å²) in [7, 11) is 0. The van der Waals surface area contributed by atoms with Gasteiger partial charge in [0.2, 0.25) is 17.7 Å². The Hall–Kier alpha value is -4.14.